The number of benzene rings is 1. The molecule has 1 aromatic carbocycles. The second-order valence-electron chi connectivity index (χ2n) is 3.80. The van der Waals surface area contributed by atoms with Gasteiger partial charge in [0.2, 0.25) is 0 Å². The highest BCUT2D eigenvalue weighted by Gasteiger charge is 2.06. The van der Waals surface area contributed by atoms with E-state index in [2.05, 4.69) is 15.3 Å². The Labute approximate surface area is 104 Å². The first kappa shape index (κ1) is 12.1. The first-order valence-corrected chi connectivity index (χ1v) is 5.68. The molecule has 1 aromatic heterocycles. The van der Waals surface area contributed by atoms with Crippen LogP contribution in [-0.4, -0.2) is 17.0 Å². The fourth-order valence-corrected chi connectivity index (χ4v) is 1.86. The van der Waals surface area contributed by atoms with Gasteiger partial charge in [-0.15, -0.1) is 0 Å². The van der Waals surface area contributed by atoms with Gasteiger partial charge in [0.25, 0.3) is 0 Å². The normalized spacial score (nSPS) is 10.8. The molecule has 0 unspecified atom stereocenters. The van der Waals surface area contributed by atoms with Crippen LogP contribution in [0, 0.1) is 5.82 Å². The van der Waals surface area contributed by atoms with Crippen LogP contribution < -0.4 is 5.32 Å². The van der Waals surface area contributed by atoms with Gasteiger partial charge < -0.3 is 10.3 Å². The van der Waals surface area contributed by atoms with E-state index in [9.17, 15) is 4.39 Å². The number of nitrogens with zero attached hydrogens (tertiary/aromatic N) is 1. The molecule has 0 amide bonds. The van der Waals surface area contributed by atoms with Crippen molar-refractivity contribution >= 4 is 11.6 Å². The van der Waals surface area contributed by atoms with Gasteiger partial charge in [-0.05, 0) is 24.7 Å². The lowest BCUT2D eigenvalue weighted by molar-refractivity contribution is 0.627. The van der Waals surface area contributed by atoms with Gasteiger partial charge in [0.05, 0.1) is 0 Å². The summed E-state index contributed by atoms with van der Waals surface area (Å²) in [5.41, 5.74) is 1.87. The van der Waals surface area contributed by atoms with Crippen LogP contribution in [0.3, 0.4) is 0 Å². The van der Waals surface area contributed by atoms with Crippen molar-refractivity contribution in [3.05, 3.63) is 52.3 Å². The summed E-state index contributed by atoms with van der Waals surface area (Å²) in [5, 5.41) is 3.46. The molecule has 0 fully saturated rings. The van der Waals surface area contributed by atoms with Gasteiger partial charge in [-0.3, -0.25) is 0 Å². The van der Waals surface area contributed by atoms with Crippen LogP contribution in [0.2, 0.25) is 5.02 Å². The lowest BCUT2D eigenvalue weighted by atomic mass is 10.1. The van der Waals surface area contributed by atoms with Crippen LogP contribution in [-0.2, 0) is 13.0 Å². The molecular formula is C12H13ClFN3. The minimum atomic E-state index is -0.325. The van der Waals surface area contributed by atoms with E-state index < -0.39 is 0 Å². The van der Waals surface area contributed by atoms with E-state index in [-0.39, 0.29) is 5.82 Å². The maximum atomic E-state index is 12.9. The molecule has 0 aliphatic heterocycles. The van der Waals surface area contributed by atoms with Crippen molar-refractivity contribution in [2.75, 3.05) is 7.05 Å². The van der Waals surface area contributed by atoms with Crippen molar-refractivity contribution in [2.45, 2.75) is 13.0 Å². The minimum absolute atomic E-state index is 0.325. The molecule has 0 radical (unpaired) electrons. The highest BCUT2D eigenvalue weighted by atomic mass is 35.5. The zero-order valence-electron chi connectivity index (χ0n) is 9.43. The number of hydrogen-bond acceptors (Lipinski definition) is 2. The Balaban J connectivity index is 2.13. The number of aromatic amines is 1. The van der Waals surface area contributed by atoms with Crippen LogP contribution in [0.15, 0.2) is 24.4 Å². The summed E-state index contributed by atoms with van der Waals surface area (Å²) in [7, 11) is 1.87. The number of nitrogens with one attached hydrogen (secondary N) is 2. The van der Waals surface area contributed by atoms with E-state index in [1.807, 2.05) is 7.05 Å². The van der Waals surface area contributed by atoms with E-state index >= 15 is 0 Å². The quantitative estimate of drug-likeness (QED) is 0.879. The van der Waals surface area contributed by atoms with Crippen molar-refractivity contribution in [1.29, 1.82) is 0 Å². The van der Waals surface area contributed by atoms with Crippen molar-refractivity contribution < 1.29 is 4.39 Å². The van der Waals surface area contributed by atoms with Crippen molar-refractivity contribution in [2.24, 2.45) is 0 Å². The summed E-state index contributed by atoms with van der Waals surface area (Å²) < 4.78 is 12.9. The van der Waals surface area contributed by atoms with E-state index in [0.29, 0.717) is 11.4 Å². The molecule has 2 rings (SSSR count). The first-order chi connectivity index (χ1) is 8.19. The second kappa shape index (κ2) is 5.29. The zero-order valence-corrected chi connectivity index (χ0v) is 10.2. The third-order valence-corrected chi connectivity index (χ3v) is 2.77. The average molecular weight is 254 g/mol. The first-order valence-electron chi connectivity index (χ1n) is 5.30. The summed E-state index contributed by atoms with van der Waals surface area (Å²) in [6.07, 6.45) is 2.35. The summed E-state index contributed by atoms with van der Waals surface area (Å²) >= 11 is 5.95. The summed E-state index contributed by atoms with van der Waals surface area (Å²) in [4.78, 5) is 7.42. The highest BCUT2D eigenvalue weighted by Crippen LogP contribution is 2.19. The lowest BCUT2D eigenvalue weighted by Gasteiger charge is -2.02. The lowest BCUT2D eigenvalue weighted by Crippen LogP contribution is -2.05. The molecule has 5 heteroatoms. The summed E-state index contributed by atoms with van der Waals surface area (Å²) in [6, 6.07) is 4.39. The average Bonchev–Trinajstić information content (AvgIpc) is 2.71. The third-order valence-electron chi connectivity index (χ3n) is 2.42. The number of rotatable bonds is 4. The monoisotopic (exact) mass is 253 g/mol. The van der Waals surface area contributed by atoms with Crippen molar-refractivity contribution in [1.82, 2.24) is 15.3 Å². The summed E-state index contributed by atoms with van der Waals surface area (Å²) in [6.45, 7) is 0.740. The molecule has 0 saturated heterocycles. The molecule has 2 aromatic rings. The number of hydrogen-bond donors (Lipinski definition) is 2. The van der Waals surface area contributed by atoms with E-state index in [1.54, 1.807) is 12.3 Å². The number of halogens is 2. The Kier molecular flexibility index (Phi) is 3.76. The van der Waals surface area contributed by atoms with Gasteiger partial charge in [0.15, 0.2) is 0 Å². The number of H-pyrrole nitrogens is 1. The predicted octanol–water partition coefficient (Wildman–Crippen LogP) is 2.51. The minimum Gasteiger partial charge on any atom is -0.345 e. The smallest absolute Gasteiger partial charge is 0.124 e. The molecule has 0 aliphatic carbocycles. The van der Waals surface area contributed by atoms with Gasteiger partial charge >= 0.3 is 0 Å². The zero-order chi connectivity index (χ0) is 12.3. The molecular weight excluding hydrogens is 241 g/mol. The SMILES string of the molecule is CNCc1cnc(Cc2ccc(F)cc2Cl)[nH]1. The van der Waals surface area contributed by atoms with E-state index in [1.165, 1.54) is 12.1 Å². The van der Waals surface area contributed by atoms with E-state index in [0.717, 1.165) is 23.6 Å². The van der Waals surface area contributed by atoms with E-state index in [4.69, 9.17) is 11.6 Å². The number of imidazole rings is 1. The molecule has 0 aliphatic rings. The Morgan fingerprint density at radius 3 is 3.00 bits per heavy atom. The molecule has 1 heterocycles. The molecule has 3 nitrogen and oxygen atoms in total. The van der Waals surface area contributed by atoms with Gasteiger partial charge in [0, 0.05) is 29.9 Å². The van der Waals surface area contributed by atoms with Crippen molar-refractivity contribution in [3.8, 4) is 0 Å². The maximum absolute atomic E-state index is 12.9. The van der Waals surface area contributed by atoms with Crippen molar-refractivity contribution in [3.63, 3.8) is 0 Å². The maximum Gasteiger partial charge on any atom is 0.124 e. The molecule has 17 heavy (non-hydrogen) atoms. The van der Waals surface area contributed by atoms with Crippen LogP contribution in [0.5, 0.6) is 0 Å². The standard InChI is InChI=1S/C12H13ClFN3/c1-15-6-10-7-16-12(17-10)4-8-2-3-9(14)5-11(8)13/h2-3,5,7,15H,4,6H2,1H3,(H,16,17). The molecule has 0 atom stereocenters. The third kappa shape index (κ3) is 3.05. The van der Waals surface area contributed by atoms with Crippen LogP contribution in [0.1, 0.15) is 17.1 Å². The van der Waals surface area contributed by atoms with Gasteiger partial charge in [-0.25, -0.2) is 9.37 Å². The van der Waals surface area contributed by atoms with Crippen LogP contribution in [0.25, 0.3) is 0 Å². The highest BCUT2D eigenvalue weighted by molar-refractivity contribution is 6.31. The molecule has 90 valence electrons. The van der Waals surface area contributed by atoms with Crippen LogP contribution in [0.4, 0.5) is 4.39 Å². The molecule has 0 spiro atoms. The fraction of sp³-hybridized carbons (Fsp3) is 0.250. The Bertz CT molecular complexity index is 510. The Morgan fingerprint density at radius 2 is 2.29 bits per heavy atom. The predicted molar refractivity (Wildman–Crippen MR) is 65.6 cm³/mol. The largest absolute Gasteiger partial charge is 0.345 e. The molecule has 0 saturated carbocycles. The summed E-state index contributed by atoms with van der Waals surface area (Å²) in [5.74, 6) is 0.498. The van der Waals surface area contributed by atoms with Gasteiger partial charge in [-0.1, -0.05) is 17.7 Å². The fourth-order valence-electron chi connectivity index (χ4n) is 1.62. The Morgan fingerprint density at radius 1 is 1.47 bits per heavy atom. The van der Waals surface area contributed by atoms with Gasteiger partial charge in [-0.2, -0.15) is 0 Å². The topological polar surface area (TPSA) is 40.7 Å². The van der Waals surface area contributed by atoms with Gasteiger partial charge in [0.1, 0.15) is 11.6 Å². The molecule has 0 bridgehead atoms. The second-order valence-corrected chi connectivity index (χ2v) is 4.21. The van der Waals surface area contributed by atoms with Crippen LogP contribution >= 0.6 is 11.6 Å². The molecule has 2 N–H and O–H groups in total. The number of aromatic nitrogens is 2. The Hall–Kier alpha value is -1.39.